The summed E-state index contributed by atoms with van der Waals surface area (Å²) in [4.78, 5) is 28.3. The van der Waals surface area contributed by atoms with Gasteiger partial charge in [-0.05, 0) is 59.5 Å². The molecule has 1 aromatic heterocycles. The molecule has 4 rings (SSSR count). The van der Waals surface area contributed by atoms with Crippen molar-refractivity contribution in [3.8, 4) is 11.1 Å². The van der Waals surface area contributed by atoms with Crippen LogP contribution in [0.4, 0.5) is 19.6 Å². The Bertz CT molecular complexity index is 1390. The van der Waals surface area contributed by atoms with Crippen molar-refractivity contribution in [2.45, 2.75) is 26.3 Å². The first-order chi connectivity index (χ1) is 16.7. The van der Waals surface area contributed by atoms with E-state index in [0.717, 1.165) is 0 Å². The number of rotatable bonds is 8. The predicted molar refractivity (Wildman–Crippen MR) is 133 cm³/mol. The molecule has 180 valence electrons. The number of nitrogens with zero attached hydrogens (tertiary/aromatic N) is 1. The van der Waals surface area contributed by atoms with Crippen LogP contribution >= 0.6 is 11.3 Å². The number of hydrogen-bond acceptors (Lipinski definition) is 5. The Morgan fingerprint density at radius 1 is 1.03 bits per heavy atom. The van der Waals surface area contributed by atoms with E-state index in [2.05, 4.69) is 15.6 Å². The van der Waals surface area contributed by atoms with Crippen LogP contribution in [0.15, 0.2) is 60.7 Å². The molecule has 4 aromatic rings. The number of hydrogen-bond donors (Lipinski definition) is 3. The molecule has 0 aliphatic carbocycles. The van der Waals surface area contributed by atoms with Crippen LogP contribution in [0, 0.1) is 17.6 Å². The highest BCUT2D eigenvalue weighted by Gasteiger charge is 2.25. The van der Waals surface area contributed by atoms with Gasteiger partial charge in [0, 0.05) is 5.56 Å². The molecule has 0 aliphatic heterocycles. The van der Waals surface area contributed by atoms with Gasteiger partial charge in [0.25, 0.3) is 5.91 Å². The van der Waals surface area contributed by atoms with Crippen LogP contribution in [0.5, 0.6) is 0 Å². The number of halogens is 2. The first kappa shape index (κ1) is 24.3. The molecule has 9 heteroatoms. The van der Waals surface area contributed by atoms with Crippen LogP contribution in [0.1, 0.15) is 30.6 Å². The lowest BCUT2D eigenvalue weighted by Gasteiger charge is -2.20. The van der Waals surface area contributed by atoms with Gasteiger partial charge in [-0.15, -0.1) is 0 Å². The Morgan fingerprint density at radius 3 is 2.40 bits per heavy atom. The van der Waals surface area contributed by atoms with Crippen molar-refractivity contribution in [3.63, 3.8) is 0 Å². The van der Waals surface area contributed by atoms with Gasteiger partial charge in [0.05, 0.1) is 15.9 Å². The Kier molecular flexibility index (Phi) is 7.07. The molecule has 0 fully saturated rings. The number of carboxylic acid groups (broad SMARTS) is 1. The van der Waals surface area contributed by atoms with E-state index in [1.54, 1.807) is 49.4 Å². The molecule has 1 heterocycles. The van der Waals surface area contributed by atoms with Crippen molar-refractivity contribution in [2.24, 2.45) is 5.92 Å². The van der Waals surface area contributed by atoms with Crippen LogP contribution in [-0.4, -0.2) is 28.0 Å². The molecule has 35 heavy (non-hydrogen) atoms. The van der Waals surface area contributed by atoms with Gasteiger partial charge in [0.2, 0.25) is 0 Å². The summed E-state index contributed by atoms with van der Waals surface area (Å²) in [6.07, 6.45) is 0.615. The van der Waals surface area contributed by atoms with Crippen molar-refractivity contribution < 1.29 is 23.5 Å². The number of amides is 1. The van der Waals surface area contributed by atoms with Crippen LogP contribution in [0.25, 0.3) is 21.3 Å². The smallest absolute Gasteiger partial charge is 0.326 e. The lowest BCUT2D eigenvalue weighted by molar-refractivity contribution is -0.140. The predicted octanol–water partition coefficient (Wildman–Crippen LogP) is 6.21. The highest BCUT2D eigenvalue weighted by Crippen LogP contribution is 2.31. The zero-order valence-electron chi connectivity index (χ0n) is 19.0. The third-order valence-corrected chi connectivity index (χ3v) is 6.74. The van der Waals surface area contributed by atoms with E-state index in [4.69, 9.17) is 0 Å². The number of carboxylic acids is 1. The average Bonchev–Trinajstić information content (AvgIpc) is 3.24. The molecule has 0 radical (unpaired) electrons. The maximum Gasteiger partial charge on any atom is 0.326 e. The fraction of sp³-hybridized carbons (Fsp3) is 0.192. The molecule has 0 unspecified atom stereocenters. The van der Waals surface area contributed by atoms with E-state index < -0.39 is 23.7 Å². The third kappa shape index (κ3) is 5.46. The Labute approximate surface area is 204 Å². The first-order valence-corrected chi connectivity index (χ1v) is 11.8. The number of carbonyl (C=O) groups is 2. The quantitative estimate of drug-likeness (QED) is 0.270. The Morgan fingerprint density at radius 2 is 1.74 bits per heavy atom. The zero-order chi connectivity index (χ0) is 25.1. The monoisotopic (exact) mass is 495 g/mol. The molecule has 0 spiro atoms. The fourth-order valence-electron chi connectivity index (χ4n) is 3.58. The summed E-state index contributed by atoms with van der Waals surface area (Å²) in [5.74, 6) is -2.62. The van der Waals surface area contributed by atoms with Gasteiger partial charge in [-0.1, -0.05) is 49.8 Å². The Balaban J connectivity index is 1.48. The number of aromatic nitrogens is 1. The fourth-order valence-corrected chi connectivity index (χ4v) is 4.49. The second-order valence-electron chi connectivity index (χ2n) is 8.20. The van der Waals surface area contributed by atoms with E-state index in [0.29, 0.717) is 38.5 Å². The molecule has 1 amide bonds. The largest absolute Gasteiger partial charge is 0.480 e. The van der Waals surface area contributed by atoms with Crippen LogP contribution < -0.4 is 10.6 Å². The van der Waals surface area contributed by atoms with Crippen molar-refractivity contribution in [1.29, 1.82) is 0 Å². The summed E-state index contributed by atoms with van der Waals surface area (Å²) in [6.45, 7) is 3.63. The second kappa shape index (κ2) is 10.2. The topological polar surface area (TPSA) is 91.3 Å². The van der Waals surface area contributed by atoms with Gasteiger partial charge >= 0.3 is 5.97 Å². The summed E-state index contributed by atoms with van der Waals surface area (Å²) in [5.41, 5.74) is 2.47. The minimum atomic E-state index is -1.08. The normalized spacial score (nSPS) is 12.8. The number of fused-ring (bicyclic) bond motifs is 1. The lowest BCUT2D eigenvalue weighted by Crippen LogP contribution is -2.45. The van der Waals surface area contributed by atoms with Crippen LogP contribution in [0.2, 0.25) is 0 Å². The number of anilines is 2. The van der Waals surface area contributed by atoms with Crippen molar-refractivity contribution in [2.75, 3.05) is 5.32 Å². The maximum absolute atomic E-state index is 14.8. The minimum Gasteiger partial charge on any atom is -0.480 e. The van der Waals surface area contributed by atoms with Gasteiger partial charge in [0.1, 0.15) is 17.7 Å². The molecular weight excluding hydrogens is 472 g/mol. The van der Waals surface area contributed by atoms with Gasteiger partial charge in [0.15, 0.2) is 5.13 Å². The van der Waals surface area contributed by atoms with Gasteiger partial charge in [-0.3, -0.25) is 4.79 Å². The molecule has 3 aromatic carbocycles. The molecular formula is C26H23F2N3O3S. The van der Waals surface area contributed by atoms with Crippen LogP contribution in [0.3, 0.4) is 0 Å². The molecule has 0 bridgehead atoms. The number of nitrogens with one attached hydrogen (secondary N) is 2. The highest BCUT2D eigenvalue weighted by molar-refractivity contribution is 7.22. The second-order valence-corrected chi connectivity index (χ2v) is 9.23. The Hall–Kier alpha value is -3.85. The first-order valence-electron chi connectivity index (χ1n) is 11.0. The van der Waals surface area contributed by atoms with E-state index in [9.17, 15) is 23.5 Å². The van der Waals surface area contributed by atoms with Gasteiger partial charge in [-0.2, -0.15) is 0 Å². The summed E-state index contributed by atoms with van der Waals surface area (Å²) >= 11 is 1.23. The van der Waals surface area contributed by atoms with Crippen LogP contribution in [-0.2, 0) is 4.79 Å². The summed E-state index contributed by atoms with van der Waals surface area (Å²) in [7, 11) is 0. The number of carbonyl (C=O) groups excluding carboxylic acids is 1. The maximum atomic E-state index is 14.8. The lowest BCUT2D eigenvalue weighted by atomic mass is 9.98. The van der Waals surface area contributed by atoms with E-state index in [1.165, 1.54) is 29.5 Å². The molecule has 0 saturated carbocycles. The highest BCUT2D eigenvalue weighted by atomic mass is 32.1. The third-order valence-electron chi connectivity index (χ3n) is 5.81. The molecule has 6 nitrogen and oxygen atoms in total. The zero-order valence-corrected chi connectivity index (χ0v) is 19.8. The number of benzene rings is 3. The molecule has 0 saturated heterocycles. The summed E-state index contributed by atoms with van der Waals surface area (Å²) < 4.78 is 28.9. The van der Waals surface area contributed by atoms with E-state index in [1.807, 2.05) is 6.92 Å². The molecule has 3 N–H and O–H groups in total. The van der Waals surface area contributed by atoms with Gasteiger partial charge in [-0.25, -0.2) is 18.6 Å². The van der Waals surface area contributed by atoms with Crippen molar-refractivity contribution in [3.05, 3.63) is 77.9 Å². The number of aliphatic carboxylic acids is 1. The molecule has 2 atom stereocenters. The minimum absolute atomic E-state index is 0.213. The SMILES string of the molecule is CC[C@H](C)[C@H](NC(=O)c1ccc(-c2ccc(Nc3nc4ccc(F)cc4s3)c(F)c2)cc1)C(=O)O. The van der Waals surface area contributed by atoms with E-state index in [-0.39, 0.29) is 17.4 Å². The van der Waals surface area contributed by atoms with Crippen molar-refractivity contribution in [1.82, 2.24) is 10.3 Å². The summed E-state index contributed by atoms with van der Waals surface area (Å²) in [6, 6.07) is 14.5. The standard InChI is InChI=1S/C26H23F2N3O3S/c1-3-14(2)23(25(33)34)31-24(32)16-6-4-15(5-7-16)17-8-10-20(19(28)12-17)29-26-30-21-11-9-18(27)13-22(21)35-26/h4-14,23H,3H2,1-2H3,(H,29,30)(H,31,32)(H,33,34)/t14-,23-/m0/s1. The average molecular weight is 496 g/mol. The van der Waals surface area contributed by atoms with Crippen molar-refractivity contribution >= 4 is 44.2 Å². The number of thiazole rings is 1. The van der Waals surface area contributed by atoms with E-state index >= 15 is 0 Å². The summed E-state index contributed by atoms with van der Waals surface area (Å²) in [5, 5.41) is 15.3. The van der Waals surface area contributed by atoms with Gasteiger partial charge < -0.3 is 15.7 Å². The molecule has 0 aliphatic rings.